The molecule has 0 amide bonds. The van der Waals surface area contributed by atoms with E-state index in [2.05, 4.69) is 47.1 Å². The first kappa shape index (κ1) is 14.3. The third kappa shape index (κ3) is 3.66. The van der Waals surface area contributed by atoms with Gasteiger partial charge in [-0.15, -0.1) is 0 Å². The Kier molecular flexibility index (Phi) is 4.76. The topological polar surface area (TPSA) is 0 Å². The molecule has 0 radical (unpaired) electrons. The van der Waals surface area contributed by atoms with E-state index >= 15 is 0 Å². The number of hydrogen-bond donors (Lipinski definition) is 0. The van der Waals surface area contributed by atoms with Gasteiger partial charge < -0.3 is 0 Å². The number of halogens is 2. The van der Waals surface area contributed by atoms with E-state index in [4.69, 9.17) is 0 Å². The number of aryl methyl sites for hydroxylation is 2. The highest BCUT2D eigenvalue weighted by Crippen LogP contribution is 2.31. The van der Waals surface area contributed by atoms with E-state index in [-0.39, 0.29) is 10.6 Å². The van der Waals surface area contributed by atoms with Crippen LogP contribution in [0, 0.1) is 12.7 Å². The first-order valence-corrected chi connectivity index (χ1v) is 7.51. The molecule has 2 aromatic carbocycles. The second-order valence-corrected chi connectivity index (χ2v) is 5.83. The van der Waals surface area contributed by atoms with Crippen molar-refractivity contribution >= 4 is 15.9 Å². The third-order valence-corrected chi connectivity index (χ3v) is 4.23. The minimum absolute atomic E-state index is 0.0394. The Morgan fingerprint density at radius 3 is 2.32 bits per heavy atom. The van der Waals surface area contributed by atoms with Gasteiger partial charge in [0.25, 0.3) is 0 Å². The second kappa shape index (κ2) is 6.33. The minimum atomic E-state index is -0.179. The van der Waals surface area contributed by atoms with Crippen molar-refractivity contribution in [1.29, 1.82) is 0 Å². The maximum absolute atomic E-state index is 13.4. The maximum atomic E-state index is 13.4. The molecule has 0 saturated heterocycles. The lowest BCUT2D eigenvalue weighted by Gasteiger charge is -2.12. The van der Waals surface area contributed by atoms with Crippen molar-refractivity contribution in [2.24, 2.45) is 0 Å². The number of hydrogen-bond acceptors (Lipinski definition) is 0. The van der Waals surface area contributed by atoms with Crippen LogP contribution < -0.4 is 0 Å². The summed E-state index contributed by atoms with van der Waals surface area (Å²) in [6, 6.07) is 13.7. The highest BCUT2D eigenvalue weighted by Gasteiger charge is 2.11. The van der Waals surface area contributed by atoms with Gasteiger partial charge in [0.05, 0.1) is 4.83 Å². The van der Waals surface area contributed by atoms with E-state index in [0.717, 1.165) is 29.5 Å². The molecule has 19 heavy (non-hydrogen) atoms. The summed E-state index contributed by atoms with van der Waals surface area (Å²) in [6.07, 6.45) is 2.26. The van der Waals surface area contributed by atoms with Crippen molar-refractivity contribution in [3.63, 3.8) is 0 Å². The van der Waals surface area contributed by atoms with Gasteiger partial charge in [0.1, 0.15) is 5.82 Å². The molecule has 2 rings (SSSR count). The molecule has 0 aromatic heterocycles. The summed E-state index contributed by atoms with van der Waals surface area (Å²) in [5, 5.41) is 0. The molecule has 2 aromatic rings. The third-order valence-electron chi connectivity index (χ3n) is 3.17. The first-order chi connectivity index (χ1) is 9.10. The van der Waals surface area contributed by atoms with Crippen LogP contribution in [0.4, 0.5) is 4.39 Å². The zero-order valence-electron chi connectivity index (χ0n) is 11.3. The fourth-order valence-electron chi connectivity index (χ4n) is 2.25. The molecule has 2 heteroatoms. The van der Waals surface area contributed by atoms with Crippen molar-refractivity contribution in [3.8, 4) is 0 Å². The molecular weight excluding hydrogens is 303 g/mol. The van der Waals surface area contributed by atoms with Crippen LogP contribution in [-0.2, 0) is 6.42 Å². The van der Waals surface area contributed by atoms with Gasteiger partial charge in [0.2, 0.25) is 0 Å². The predicted octanol–water partition coefficient (Wildman–Crippen LogP) is 5.57. The lowest BCUT2D eigenvalue weighted by molar-refractivity contribution is 0.624. The number of rotatable bonds is 4. The van der Waals surface area contributed by atoms with Gasteiger partial charge in [-0.2, -0.15) is 0 Å². The normalized spacial score (nSPS) is 12.4. The summed E-state index contributed by atoms with van der Waals surface area (Å²) >= 11 is 3.66. The molecule has 0 aliphatic rings. The van der Waals surface area contributed by atoms with E-state index in [1.54, 1.807) is 12.1 Å². The summed E-state index contributed by atoms with van der Waals surface area (Å²) in [5.74, 6) is -0.179. The van der Waals surface area contributed by atoms with E-state index in [1.165, 1.54) is 5.56 Å². The highest BCUT2D eigenvalue weighted by atomic mass is 79.9. The minimum Gasteiger partial charge on any atom is -0.207 e. The van der Waals surface area contributed by atoms with Crippen LogP contribution in [-0.4, -0.2) is 0 Å². The van der Waals surface area contributed by atoms with Crippen molar-refractivity contribution in [3.05, 3.63) is 70.5 Å². The molecule has 0 fully saturated rings. The maximum Gasteiger partial charge on any atom is 0.123 e. The molecule has 100 valence electrons. The van der Waals surface area contributed by atoms with Gasteiger partial charge >= 0.3 is 0 Å². The summed E-state index contributed by atoms with van der Waals surface area (Å²) in [6.45, 7) is 4.09. The van der Waals surface area contributed by atoms with Crippen molar-refractivity contribution in [2.45, 2.75) is 31.5 Å². The Labute approximate surface area is 122 Å². The molecule has 0 spiro atoms. The second-order valence-electron chi connectivity index (χ2n) is 4.92. The monoisotopic (exact) mass is 320 g/mol. The van der Waals surface area contributed by atoms with Crippen LogP contribution in [0.15, 0.2) is 42.5 Å². The van der Waals surface area contributed by atoms with Crippen LogP contribution in [0.3, 0.4) is 0 Å². The van der Waals surface area contributed by atoms with Gasteiger partial charge in [-0.25, -0.2) is 4.39 Å². The fraction of sp³-hybridized carbons (Fsp3) is 0.294. The van der Waals surface area contributed by atoms with Crippen LogP contribution in [0.5, 0.6) is 0 Å². The Morgan fingerprint density at radius 2 is 1.74 bits per heavy atom. The highest BCUT2D eigenvalue weighted by molar-refractivity contribution is 9.09. The summed E-state index contributed by atoms with van der Waals surface area (Å²) in [4.78, 5) is 0.0394. The van der Waals surface area contributed by atoms with E-state index < -0.39 is 0 Å². The van der Waals surface area contributed by atoms with Crippen molar-refractivity contribution in [1.82, 2.24) is 0 Å². The molecule has 0 aliphatic carbocycles. The first-order valence-electron chi connectivity index (χ1n) is 6.60. The van der Waals surface area contributed by atoms with E-state index in [1.807, 2.05) is 13.0 Å². The lowest BCUT2D eigenvalue weighted by Crippen LogP contribution is -1.95. The number of alkyl halides is 1. The van der Waals surface area contributed by atoms with Crippen LogP contribution in [0.2, 0.25) is 0 Å². The SMILES string of the molecule is CCCc1ccc(C(Br)c2cc(C)cc(F)c2)cc1. The average Bonchev–Trinajstić information content (AvgIpc) is 2.38. The summed E-state index contributed by atoms with van der Waals surface area (Å²) < 4.78 is 13.4. The standard InChI is InChI=1S/C17H18BrF/c1-3-4-13-5-7-14(8-6-13)17(18)15-9-12(2)10-16(19)11-15/h5-11,17H,3-4H2,1-2H3. The van der Waals surface area contributed by atoms with Gasteiger partial charge in [-0.3, -0.25) is 0 Å². The number of benzene rings is 2. The summed E-state index contributed by atoms with van der Waals surface area (Å²) in [7, 11) is 0. The Hall–Kier alpha value is -1.15. The lowest BCUT2D eigenvalue weighted by atomic mass is 10.0. The zero-order chi connectivity index (χ0) is 13.8. The summed E-state index contributed by atoms with van der Waals surface area (Å²) in [5.41, 5.74) is 4.41. The van der Waals surface area contributed by atoms with Crippen molar-refractivity contribution in [2.75, 3.05) is 0 Å². The van der Waals surface area contributed by atoms with Gasteiger partial charge in [0.15, 0.2) is 0 Å². The molecule has 0 heterocycles. The molecule has 0 bridgehead atoms. The smallest absolute Gasteiger partial charge is 0.123 e. The molecule has 1 atom stereocenters. The fourth-order valence-corrected chi connectivity index (χ4v) is 2.81. The molecule has 0 nitrogen and oxygen atoms in total. The Bertz CT molecular complexity index is 525. The van der Waals surface area contributed by atoms with E-state index in [9.17, 15) is 4.39 Å². The zero-order valence-corrected chi connectivity index (χ0v) is 12.9. The van der Waals surface area contributed by atoms with Gasteiger partial charge in [0, 0.05) is 0 Å². The molecule has 0 N–H and O–H groups in total. The van der Waals surface area contributed by atoms with Crippen LogP contribution in [0.25, 0.3) is 0 Å². The largest absolute Gasteiger partial charge is 0.207 e. The molecule has 1 unspecified atom stereocenters. The van der Waals surface area contributed by atoms with E-state index in [0.29, 0.717) is 0 Å². The Balaban J connectivity index is 2.25. The van der Waals surface area contributed by atoms with Gasteiger partial charge in [-0.1, -0.05) is 59.6 Å². The predicted molar refractivity (Wildman–Crippen MR) is 82.3 cm³/mol. The van der Waals surface area contributed by atoms with Gasteiger partial charge in [-0.05, 0) is 47.7 Å². The van der Waals surface area contributed by atoms with Crippen LogP contribution >= 0.6 is 15.9 Å². The molecule has 0 saturated carbocycles. The molecule has 0 aliphatic heterocycles. The Morgan fingerprint density at radius 1 is 1.05 bits per heavy atom. The quantitative estimate of drug-likeness (QED) is 0.646. The van der Waals surface area contributed by atoms with Crippen LogP contribution in [0.1, 0.15) is 40.4 Å². The average molecular weight is 321 g/mol. The molecular formula is C17H18BrF. The van der Waals surface area contributed by atoms with Crippen molar-refractivity contribution < 1.29 is 4.39 Å².